The number of phenols is 1. The van der Waals surface area contributed by atoms with Gasteiger partial charge < -0.3 is 23.9 Å². The number of aromatic nitrogens is 3. The SMILES string of the molecule is CC(C)(C)OC(=O)N1CCN(CCN(C(=O)OC(C)(C)C)c2ccn3ncc(-c4cc(O)ccc4F)c3n2)[C@H](CO[Si](C)(C)C(C)(C)C)C1. The first-order chi connectivity index (χ1) is 22.5. The van der Waals surface area contributed by atoms with Gasteiger partial charge in [0.1, 0.15) is 28.6 Å². The van der Waals surface area contributed by atoms with E-state index in [1.807, 2.05) is 20.8 Å². The highest BCUT2D eigenvalue weighted by molar-refractivity contribution is 6.74. The lowest BCUT2D eigenvalue weighted by Gasteiger charge is -2.44. The summed E-state index contributed by atoms with van der Waals surface area (Å²) in [5.74, 6) is -0.341. The summed E-state index contributed by atoms with van der Waals surface area (Å²) in [5, 5.41) is 14.4. The zero-order valence-electron chi connectivity index (χ0n) is 30.8. The van der Waals surface area contributed by atoms with Gasteiger partial charge in [0, 0.05) is 56.1 Å². The first-order valence-corrected chi connectivity index (χ1v) is 19.7. The van der Waals surface area contributed by atoms with Crippen LogP contribution in [0.4, 0.5) is 19.8 Å². The number of carbonyl (C=O) groups excluding carboxylic acids is 2. The number of ether oxygens (including phenoxy) is 2. The lowest BCUT2D eigenvalue weighted by atomic mass is 10.1. The highest BCUT2D eigenvalue weighted by atomic mass is 28.4. The molecule has 1 N–H and O–H groups in total. The minimum Gasteiger partial charge on any atom is -0.508 e. The van der Waals surface area contributed by atoms with Gasteiger partial charge in [-0.05, 0) is 83.9 Å². The van der Waals surface area contributed by atoms with Crippen molar-refractivity contribution in [1.82, 2.24) is 24.4 Å². The van der Waals surface area contributed by atoms with Crippen LogP contribution in [-0.2, 0) is 13.9 Å². The first-order valence-electron chi connectivity index (χ1n) is 16.7. The molecule has 12 nitrogen and oxygen atoms in total. The smallest absolute Gasteiger partial charge is 0.416 e. The molecule has 270 valence electrons. The van der Waals surface area contributed by atoms with Gasteiger partial charge in [0.15, 0.2) is 14.0 Å². The van der Waals surface area contributed by atoms with Crippen LogP contribution in [0.15, 0.2) is 36.7 Å². The molecule has 1 atom stereocenters. The second-order valence-electron chi connectivity index (χ2n) is 16.1. The van der Waals surface area contributed by atoms with E-state index in [0.717, 1.165) is 0 Å². The molecule has 1 aliphatic rings. The van der Waals surface area contributed by atoms with Gasteiger partial charge in [-0.1, -0.05) is 20.8 Å². The number of hydrogen-bond donors (Lipinski definition) is 1. The molecule has 0 saturated carbocycles. The number of aromatic hydroxyl groups is 1. The van der Waals surface area contributed by atoms with Crippen molar-refractivity contribution in [3.8, 4) is 16.9 Å². The Morgan fingerprint density at radius 1 is 1.00 bits per heavy atom. The standard InChI is InChI=1S/C35H53FN6O6Si/c1-33(2,3)47-31(44)40-17-16-39(24(22-40)23-46-49(10,11)35(7,8)9)18-19-41(32(45)48-34(4,5)6)29-14-15-42-30(38-29)27(21-37-42)26-20-25(43)12-13-28(26)36/h12-15,20-21,24,43H,16-19,22-23H2,1-11H3/t24-/m0/s1. The predicted molar refractivity (Wildman–Crippen MR) is 190 cm³/mol. The molecule has 0 bridgehead atoms. The Kier molecular flexibility index (Phi) is 11.1. The fraction of sp³-hybridized carbons (Fsp3) is 0.600. The van der Waals surface area contributed by atoms with Crippen LogP contribution in [0.2, 0.25) is 18.1 Å². The molecular formula is C35H53FN6O6Si. The number of fused-ring (bicyclic) bond motifs is 1. The van der Waals surface area contributed by atoms with Crippen molar-refractivity contribution in [3.05, 3.63) is 42.5 Å². The lowest BCUT2D eigenvalue weighted by Crippen LogP contribution is -2.59. The zero-order valence-corrected chi connectivity index (χ0v) is 31.8. The van der Waals surface area contributed by atoms with Crippen molar-refractivity contribution in [2.75, 3.05) is 44.2 Å². The summed E-state index contributed by atoms with van der Waals surface area (Å²) in [6, 6.07) is 5.27. The molecule has 3 aromatic rings. The number of halogens is 1. The predicted octanol–water partition coefficient (Wildman–Crippen LogP) is 6.93. The van der Waals surface area contributed by atoms with E-state index < -0.39 is 31.4 Å². The van der Waals surface area contributed by atoms with Crippen molar-refractivity contribution in [2.45, 2.75) is 97.7 Å². The second kappa shape index (κ2) is 14.2. The Morgan fingerprint density at radius 2 is 1.67 bits per heavy atom. The molecule has 0 unspecified atom stereocenters. The monoisotopic (exact) mass is 700 g/mol. The molecule has 1 aromatic carbocycles. The summed E-state index contributed by atoms with van der Waals surface area (Å²) in [6.07, 6.45) is 2.17. The van der Waals surface area contributed by atoms with Crippen molar-refractivity contribution in [2.24, 2.45) is 0 Å². The number of benzene rings is 1. The summed E-state index contributed by atoms with van der Waals surface area (Å²) < 4.78 is 34.5. The minimum absolute atomic E-state index is 0.00308. The molecule has 2 aromatic heterocycles. The van der Waals surface area contributed by atoms with Crippen LogP contribution in [0.5, 0.6) is 5.75 Å². The van der Waals surface area contributed by atoms with Crippen LogP contribution >= 0.6 is 0 Å². The highest BCUT2D eigenvalue weighted by Crippen LogP contribution is 2.37. The molecular weight excluding hydrogens is 648 g/mol. The van der Waals surface area contributed by atoms with E-state index in [1.54, 1.807) is 37.9 Å². The third-order valence-electron chi connectivity index (χ3n) is 8.79. The summed E-state index contributed by atoms with van der Waals surface area (Å²) in [7, 11) is -2.12. The number of phenolic OH excluding ortho intramolecular Hbond substituents is 1. The van der Waals surface area contributed by atoms with E-state index in [9.17, 15) is 19.1 Å². The number of piperazine rings is 1. The Bertz CT molecular complexity index is 1640. The van der Waals surface area contributed by atoms with Crippen molar-refractivity contribution < 1.29 is 33.0 Å². The Hall–Kier alpha value is -3.75. The molecule has 1 fully saturated rings. The van der Waals surface area contributed by atoms with Gasteiger partial charge in [-0.2, -0.15) is 5.10 Å². The van der Waals surface area contributed by atoms with Crippen molar-refractivity contribution >= 4 is 32.0 Å². The van der Waals surface area contributed by atoms with E-state index in [0.29, 0.717) is 49.8 Å². The largest absolute Gasteiger partial charge is 0.508 e. The van der Waals surface area contributed by atoms with Crippen molar-refractivity contribution in [3.63, 3.8) is 0 Å². The van der Waals surface area contributed by atoms with Crippen LogP contribution in [0.3, 0.4) is 0 Å². The normalized spacial score (nSPS) is 16.6. The molecule has 4 rings (SSSR count). The quantitative estimate of drug-likeness (QED) is 0.250. The molecule has 49 heavy (non-hydrogen) atoms. The van der Waals surface area contributed by atoms with Crippen LogP contribution in [0.1, 0.15) is 62.3 Å². The Balaban J connectivity index is 1.64. The first kappa shape index (κ1) is 38.1. The average molecular weight is 701 g/mol. The van der Waals surface area contributed by atoms with Gasteiger partial charge in [0.2, 0.25) is 0 Å². The van der Waals surface area contributed by atoms with E-state index in [1.165, 1.54) is 33.8 Å². The number of nitrogens with zero attached hydrogens (tertiary/aromatic N) is 6. The van der Waals surface area contributed by atoms with E-state index in [4.69, 9.17) is 18.9 Å². The van der Waals surface area contributed by atoms with Gasteiger partial charge in [0.25, 0.3) is 0 Å². The Morgan fingerprint density at radius 3 is 2.31 bits per heavy atom. The molecule has 14 heteroatoms. The van der Waals surface area contributed by atoms with Gasteiger partial charge in [-0.15, -0.1) is 0 Å². The van der Waals surface area contributed by atoms with Crippen molar-refractivity contribution in [1.29, 1.82) is 0 Å². The lowest BCUT2D eigenvalue weighted by molar-refractivity contribution is -0.00281. The average Bonchev–Trinajstić information content (AvgIpc) is 3.38. The molecule has 2 amide bonds. The number of carbonyl (C=O) groups is 2. The van der Waals surface area contributed by atoms with Gasteiger partial charge in [-0.3, -0.25) is 9.80 Å². The topological polar surface area (TPSA) is 122 Å². The maximum absolute atomic E-state index is 14.9. The molecule has 0 radical (unpaired) electrons. The van der Waals surface area contributed by atoms with Crippen LogP contribution in [0.25, 0.3) is 16.8 Å². The third kappa shape index (κ3) is 9.70. The number of hydrogen-bond acceptors (Lipinski definition) is 9. The Labute approximate surface area is 290 Å². The minimum atomic E-state index is -2.12. The summed E-state index contributed by atoms with van der Waals surface area (Å²) in [6.45, 7) is 24.4. The van der Waals surface area contributed by atoms with Crippen LogP contribution in [-0.4, -0.2) is 107 Å². The fourth-order valence-electron chi connectivity index (χ4n) is 5.12. The molecule has 0 aliphatic carbocycles. The van der Waals surface area contributed by atoms with E-state index >= 15 is 0 Å². The molecule has 1 aliphatic heterocycles. The second-order valence-corrected chi connectivity index (χ2v) is 20.9. The number of rotatable bonds is 8. The molecule has 0 spiro atoms. The van der Waals surface area contributed by atoms with Gasteiger partial charge in [-0.25, -0.2) is 23.5 Å². The maximum atomic E-state index is 14.9. The fourth-order valence-corrected chi connectivity index (χ4v) is 6.16. The number of anilines is 1. The van der Waals surface area contributed by atoms with Crippen LogP contribution in [0, 0.1) is 5.82 Å². The van der Waals surface area contributed by atoms with Gasteiger partial charge >= 0.3 is 12.2 Å². The molecule has 3 heterocycles. The zero-order chi connectivity index (χ0) is 36.5. The summed E-state index contributed by atoms with van der Waals surface area (Å²) in [4.78, 5) is 37.0. The number of amides is 2. The highest BCUT2D eigenvalue weighted by Gasteiger charge is 2.40. The molecule has 1 saturated heterocycles. The summed E-state index contributed by atoms with van der Waals surface area (Å²) >= 11 is 0. The maximum Gasteiger partial charge on any atom is 0.416 e. The summed E-state index contributed by atoms with van der Waals surface area (Å²) in [5.41, 5.74) is -0.589. The van der Waals surface area contributed by atoms with E-state index in [2.05, 4.69) is 43.9 Å². The van der Waals surface area contributed by atoms with Gasteiger partial charge in [0.05, 0.1) is 12.8 Å². The third-order valence-corrected chi connectivity index (χ3v) is 13.3. The van der Waals surface area contributed by atoms with Crippen LogP contribution < -0.4 is 4.90 Å². The van der Waals surface area contributed by atoms with E-state index in [-0.39, 0.29) is 35.0 Å².